The molecular weight excluding hydrogens is 336 g/mol. The highest BCUT2D eigenvalue weighted by Gasteiger charge is 2.25. The molecule has 1 heterocycles. The van der Waals surface area contributed by atoms with Crippen molar-refractivity contribution in [2.24, 2.45) is 0 Å². The van der Waals surface area contributed by atoms with Gasteiger partial charge in [-0.15, -0.1) is 0 Å². The van der Waals surface area contributed by atoms with Crippen molar-refractivity contribution in [2.45, 2.75) is 11.8 Å². The Balaban J connectivity index is 1.88. The number of hydrogen-bond acceptors (Lipinski definition) is 7. The Bertz CT molecular complexity index is 885. The lowest BCUT2D eigenvalue weighted by atomic mass is 10.2. The first-order valence-electron chi connectivity index (χ1n) is 6.94. The first-order valence-corrected chi connectivity index (χ1v) is 8.34. The second-order valence-corrected chi connectivity index (χ2v) is 6.54. The van der Waals surface area contributed by atoms with Crippen molar-refractivity contribution >= 4 is 16.1 Å². The largest absolute Gasteiger partial charge is 0.465 e. The molecule has 0 saturated carbocycles. The van der Waals surface area contributed by atoms with E-state index in [0.29, 0.717) is 22.6 Å². The molecule has 0 atom stereocenters. The van der Waals surface area contributed by atoms with Gasteiger partial charge in [-0.05, 0) is 42.8 Å². The summed E-state index contributed by atoms with van der Waals surface area (Å²) < 4.78 is 45.1. The van der Waals surface area contributed by atoms with E-state index < -0.39 is 16.1 Å². The Hall–Kier alpha value is -2.74. The van der Waals surface area contributed by atoms with Crippen LogP contribution in [0.25, 0.3) is 0 Å². The van der Waals surface area contributed by atoms with Crippen molar-refractivity contribution in [3.05, 3.63) is 47.5 Å². The Kier molecular flexibility index (Phi) is 4.06. The molecule has 8 heteroatoms. The molecule has 24 heavy (non-hydrogen) atoms. The van der Waals surface area contributed by atoms with Crippen LogP contribution in [0.4, 0.5) is 0 Å². The summed E-state index contributed by atoms with van der Waals surface area (Å²) in [4.78, 5) is 11.4. The summed E-state index contributed by atoms with van der Waals surface area (Å²) in [6, 6.07) is 8.55. The Morgan fingerprint density at radius 2 is 1.71 bits per heavy atom. The highest BCUT2D eigenvalue weighted by molar-refractivity contribution is 7.87. The zero-order chi connectivity index (χ0) is 17.3. The minimum atomic E-state index is -4.06. The van der Waals surface area contributed by atoms with Crippen LogP contribution < -0.4 is 13.7 Å². The number of ether oxygens (including phenoxy) is 3. The molecule has 0 spiro atoms. The van der Waals surface area contributed by atoms with Gasteiger partial charge in [0.2, 0.25) is 6.79 Å². The molecule has 3 rings (SSSR count). The average Bonchev–Trinajstić information content (AvgIpc) is 3.00. The molecule has 0 aromatic heterocycles. The topological polar surface area (TPSA) is 88.1 Å². The lowest BCUT2D eigenvalue weighted by Crippen LogP contribution is -2.11. The van der Waals surface area contributed by atoms with Crippen molar-refractivity contribution in [2.75, 3.05) is 13.9 Å². The molecule has 0 amide bonds. The molecule has 0 fully saturated rings. The zero-order valence-electron chi connectivity index (χ0n) is 12.9. The van der Waals surface area contributed by atoms with E-state index in [4.69, 9.17) is 13.7 Å². The second kappa shape index (κ2) is 6.04. The summed E-state index contributed by atoms with van der Waals surface area (Å²) in [5.74, 6) is 0.411. The van der Waals surface area contributed by atoms with Gasteiger partial charge in [-0.2, -0.15) is 8.42 Å². The van der Waals surface area contributed by atoms with Crippen LogP contribution >= 0.6 is 0 Å². The summed E-state index contributed by atoms with van der Waals surface area (Å²) in [6.07, 6.45) is 0. The van der Waals surface area contributed by atoms with Gasteiger partial charge in [-0.1, -0.05) is 0 Å². The highest BCUT2D eigenvalue weighted by atomic mass is 32.2. The normalized spacial score (nSPS) is 12.8. The molecule has 0 radical (unpaired) electrons. The number of carbonyl (C=O) groups is 1. The maximum absolute atomic E-state index is 12.5. The Morgan fingerprint density at radius 1 is 1.08 bits per heavy atom. The first-order chi connectivity index (χ1) is 11.4. The van der Waals surface area contributed by atoms with Crippen molar-refractivity contribution in [1.82, 2.24) is 0 Å². The molecule has 2 aromatic carbocycles. The molecule has 0 unspecified atom stereocenters. The molecule has 126 valence electrons. The van der Waals surface area contributed by atoms with Crippen LogP contribution in [0.3, 0.4) is 0 Å². The number of aryl methyl sites for hydroxylation is 1. The number of hydrogen-bond donors (Lipinski definition) is 0. The minimum Gasteiger partial charge on any atom is -0.465 e. The fourth-order valence-corrected chi connectivity index (χ4v) is 3.39. The van der Waals surface area contributed by atoms with Gasteiger partial charge in [-0.3, -0.25) is 0 Å². The molecule has 1 aliphatic rings. The number of fused-ring (bicyclic) bond motifs is 1. The van der Waals surface area contributed by atoms with Crippen molar-refractivity contribution < 1.29 is 31.6 Å². The Morgan fingerprint density at radius 3 is 2.33 bits per heavy atom. The van der Waals surface area contributed by atoms with Crippen LogP contribution in [0, 0.1) is 6.92 Å². The third kappa shape index (κ3) is 3.00. The molecule has 1 aliphatic heterocycles. The maximum Gasteiger partial charge on any atom is 0.339 e. The van der Waals surface area contributed by atoms with Gasteiger partial charge >= 0.3 is 16.1 Å². The predicted octanol–water partition coefficient (Wildman–Crippen LogP) is 2.28. The Labute approximate surface area is 138 Å². The van der Waals surface area contributed by atoms with Crippen LogP contribution in [0.1, 0.15) is 15.9 Å². The molecule has 0 bridgehead atoms. The van der Waals surface area contributed by atoms with Crippen LogP contribution in [-0.2, 0) is 14.9 Å². The third-order valence-electron chi connectivity index (χ3n) is 3.42. The summed E-state index contributed by atoms with van der Waals surface area (Å²) in [5, 5.41) is 0. The number of carbonyl (C=O) groups excluding carboxylic acids is 1. The number of methoxy groups -OCH3 is 1. The minimum absolute atomic E-state index is 0.0104. The van der Waals surface area contributed by atoms with E-state index in [0.717, 1.165) is 0 Å². The SMILES string of the molecule is COC(=O)c1ccc(OS(=O)(=O)c2cc3c(cc2C)OCO3)cc1. The zero-order valence-corrected chi connectivity index (χ0v) is 13.8. The van der Waals surface area contributed by atoms with E-state index in [1.54, 1.807) is 13.0 Å². The molecule has 0 saturated heterocycles. The van der Waals surface area contributed by atoms with Crippen LogP contribution in [0.15, 0.2) is 41.3 Å². The van der Waals surface area contributed by atoms with Crippen molar-refractivity contribution in [3.63, 3.8) is 0 Å². The predicted molar refractivity (Wildman–Crippen MR) is 82.9 cm³/mol. The quantitative estimate of drug-likeness (QED) is 0.617. The first kappa shape index (κ1) is 16.1. The monoisotopic (exact) mass is 350 g/mol. The fourth-order valence-electron chi connectivity index (χ4n) is 2.23. The summed E-state index contributed by atoms with van der Waals surface area (Å²) in [7, 11) is -2.79. The molecule has 0 aliphatic carbocycles. The van der Waals surface area contributed by atoms with E-state index >= 15 is 0 Å². The maximum atomic E-state index is 12.5. The highest BCUT2D eigenvalue weighted by Crippen LogP contribution is 2.36. The summed E-state index contributed by atoms with van der Waals surface area (Å²) >= 11 is 0. The van der Waals surface area contributed by atoms with E-state index in [-0.39, 0.29) is 17.4 Å². The van der Waals surface area contributed by atoms with Crippen molar-refractivity contribution in [1.29, 1.82) is 0 Å². The van der Waals surface area contributed by atoms with Gasteiger partial charge < -0.3 is 18.4 Å². The van der Waals surface area contributed by atoms with Gasteiger partial charge in [0, 0.05) is 6.07 Å². The van der Waals surface area contributed by atoms with Gasteiger partial charge in [0.15, 0.2) is 11.5 Å². The van der Waals surface area contributed by atoms with Crippen LogP contribution in [0.2, 0.25) is 0 Å². The smallest absolute Gasteiger partial charge is 0.339 e. The standard InChI is InChI=1S/C16H14O7S/c1-10-7-13-14(22-9-21-13)8-15(10)24(18,19)23-12-5-3-11(4-6-12)16(17)20-2/h3-8H,9H2,1-2H3. The number of esters is 1. The van der Waals surface area contributed by atoms with Gasteiger partial charge in [0.25, 0.3) is 0 Å². The number of rotatable bonds is 4. The van der Waals surface area contributed by atoms with Crippen LogP contribution in [-0.4, -0.2) is 28.3 Å². The van der Waals surface area contributed by atoms with Crippen LogP contribution in [0.5, 0.6) is 17.2 Å². The molecular formula is C16H14O7S. The van der Waals surface area contributed by atoms with E-state index in [1.807, 2.05) is 0 Å². The number of benzene rings is 2. The summed E-state index contributed by atoms with van der Waals surface area (Å²) in [6.45, 7) is 1.69. The molecule has 7 nitrogen and oxygen atoms in total. The average molecular weight is 350 g/mol. The lowest BCUT2D eigenvalue weighted by Gasteiger charge is -2.10. The molecule has 0 N–H and O–H groups in total. The molecule has 2 aromatic rings. The van der Waals surface area contributed by atoms with E-state index in [1.165, 1.54) is 37.4 Å². The lowest BCUT2D eigenvalue weighted by molar-refractivity contribution is 0.0600. The van der Waals surface area contributed by atoms with Gasteiger partial charge in [0.1, 0.15) is 10.6 Å². The van der Waals surface area contributed by atoms with Crippen molar-refractivity contribution in [3.8, 4) is 17.2 Å². The third-order valence-corrected chi connectivity index (χ3v) is 4.81. The van der Waals surface area contributed by atoms with E-state index in [9.17, 15) is 13.2 Å². The second-order valence-electron chi connectivity index (χ2n) is 5.02. The van der Waals surface area contributed by atoms with Gasteiger partial charge in [-0.25, -0.2) is 4.79 Å². The van der Waals surface area contributed by atoms with E-state index in [2.05, 4.69) is 4.74 Å². The fraction of sp³-hybridized carbons (Fsp3) is 0.188. The summed E-state index contributed by atoms with van der Waals surface area (Å²) in [5.41, 5.74) is 0.770. The van der Waals surface area contributed by atoms with Gasteiger partial charge in [0.05, 0.1) is 12.7 Å².